The minimum absolute atomic E-state index is 0.352. The molecule has 1 fully saturated rings. The molecule has 0 heterocycles. The highest BCUT2D eigenvalue weighted by atomic mass is 16.5. The zero-order valence-corrected chi connectivity index (χ0v) is 13.7. The minimum Gasteiger partial charge on any atom is -0.496 e. The van der Waals surface area contributed by atoms with E-state index in [0.29, 0.717) is 16.9 Å². The van der Waals surface area contributed by atoms with Crippen LogP contribution in [0.3, 0.4) is 0 Å². The first-order valence-corrected chi connectivity index (χ1v) is 7.67. The molecule has 1 aliphatic rings. The van der Waals surface area contributed by atoms with E-state index in [1.165, 1.54) is 16.3 Å². The number of rotatable bonds is 4. The Bertz CT molecular complexity index is 658. The van der Waals surface area contributed by atoms with E-state index < -0.39 is 0 Å². The molecule has 1 saturated carbocycles. The Kier molecular flexibility index (Phi) is 3.25. The Morgan fingerprint density at radius 2 is 1.67 bits per heavy atom. The Labute approximate surface area is 127 Å². The van der Waals surface area contributed by atoms with Gasteiger partial charge in [0.25, 0.3) is 0 Å². The smallest absolute Gasteiger partial charge is 0.123 e. The van der Waals surface area contributed by atoms with Crippen LogP contribution in [0.4, 0.5) is 0 Å². The van der Waals surface area contributed by atoms with E-state index in [2.05, 4.69) is 69.4 Å². The Morgan fingerprint density at radius 1 is 1.00 bits per heavy atom. The summed E-state index contributed by atoms with van der Waals surface area (Å²) in [5, 5.41) is 6.29. The molecule has 1 N–H and O–H groups in total. The molecule has 1 aliphatic carbocycles. The molecule has 2 aromatic carbocycles. The topological polar surface area (TPSA) is 21.3 Å². The van der Waals surface area contributed by atoms with Crippen LogP contribution < -0.4 is 10.1 Å². The van der Waals surface area contributed by atoms with Gasteiger partial charge < -0.3 is 10.1 Å². The molecule has 112 valence electrons. The van der Waals surface area contributed by atoms with Gasteiger partial charge in [-0.1, -0.05) is 58.0 Å². The van der Waals surface area contributed by atoms with Crippen LogP contribution >= 0.6 is 0 Å². The monoisotopic (exact) mass is 283 g/mol. The van der Waals surface area contributed by atoms with Gasteiger partial charge in [-0.3, -0.25) is 0 Å². The third-order valence-electron chi connectivity index (χ3n) is 5.72. The summed E-state index contributed by atoms with van der Waals surface area (Å²) in [6, 6.07) is 13.3. The number of methoxy groups -OCH3 is 1. The summed E-state index contributed by atoms with van der Waals surface area (Å²) in [5.74, 6) is 0.970. The fourth-order valence-electron chi connectivity index (χ4n) is 3.60. The van der Waals surface area contributed by atoms with Gasteiger partial charge in [0, 0.05) is 18.2 Å². The van der Waals surface area contributed by atoms with Crippen LogP contribution in [0, 0.1) is 10.8 Å². The lowest BCUT2D eigenvalue weighted by molar-refractivity contribution is 0.407. The highest BCUT2D eigenvalue weighted by molar-refractivity contribution is 5.87. The summed E-state index contributed by atoms with van der Waals surface area (Å²) in [4.78, 5) is 0. The summed E-state index contributed by atoms with van der Waals surface area (Å²) in [6.07, 6.45) is 0. The average Bonchev–Trinajstić information content (AvgIpc) is 2.85. The van der Waals surface area contributed by atoms with Gasteiger partial charge in [-0.05, 0) is 27.7 Å². The van der Waals surface area contributed by atoms with Gasteiger partial charge in [0.1, 0.15) is 5.75 Å². The van der Waals surface area contributed by atoms with Gasteiger partial charge in [0.2, 0.25) is 0 Å². The molecule has 21 heavy (non-hydrogen) atoms. The van der Waals surface area contributed by atoms with E-state index >= 15 is 0 Å². The lowest BCUT2D eigenvalue weighted by Crippen LogP contribution is -2.22. The van der Waals surface area contributed by atoms with Gasteiger partial charge >= 0.3 is 0 Å². The molecule has 0 spiro atoms. The van der Waals surface area contributed by atoms with E-state index in [-0.39, 0.29) is 0 Å². The van der Waals surface area contributed by atoms with E-state index in [9.17, 15) is 0 Å². The van der Waals surface area contributed by atoms with E-state index in [1.54, 1.807) is 7.11 Å². The standard InChI is InChI=1S/C19H25NO/c1-18(2)17(19(18,3)4)20-12-15-14-9-7-6-8-13(14)10-11-16(15)21-5/h6-11,17,20H,12H2,1-5H3. The minimum atomic E-state index is 0.352. The van der Waals surface area contributed by atoms with Crippen molar-refractivity contribution in [2.75, 3.05) is 7.11 Å². The largest absolute Gasteiger partial charge is 0.496 e. The van der Waals surface area contributed by atoms with Crippen molar-refractivity contribution >= 4 is 10.8 Å². The van der Waals surface area contributed by atoms with Crippen molar-refractivity contribution in [1.29, 1.82) is 0 Å². The van der Waals surface area contributed by atoms with Crippen LogP contribution in [0.25, 0.3) is 10.8 Å². The van der Waals surface area contributed by atoms with Crippen molar-refractivity contribution in [3.63, 3.8) is 0 Å². The fraction of sp³-hybridized carbons (Fsp3) is 0.474. The van der Waals surface area contributed by atoms with Crippen molar-refractivity contribution < 1.29 is 4.74 Å². The number of nitrogens with one attached hydrogen (secondary N) is 1. The first kappa shape index (κ1) is 14.4. The van der Waals surface area contributed by atoms with Crippen LogP contribution in [0.15, 0.2) is 36.4 Å². The molecule has 2 nitrogen and oxygen atoms in total. The summed E-state index contributed by atoms with van der Waals surface area (Å²) in [6.45, 7) is 10.2. The first-order chi connectivity index (χ1) is 9.89. The van der Waals surface area contributed by atoms with Crippen molar-refractivity contribution in [3.05, 3.63) is 42.0 Å². The van der Waals surface area contributed by atoms with Gasteiger partial charge in [0.05, 0.1) is 7.11 Å². The van der Waals surface area contributed by atoms with Crippen molar-refractivity contribution in [2.45, 2.75) is 40.3 Å². The molecule has 0 aliphatic heterocycles. The SMILES string of the molecule is COc1ccc2ccccc2c1CNC1C(C)(C)C1(C)C. The lowest BCUT2D eigenvalue weighted by atomic mass is 10.0. The van der Waals surface area contributed by atoms with Crippen LogP contribution in [0.5, 0.6) is 5.75 Å². The Balaban J connectivity index is 1.90. The number of hydrogen-bond donors (Lipinski definition) is 1. The summed E-state index contributed by atoms with van der Waals surface area (Å²) in [7, 11) is 1.75. The normalized spacial score (nSPS) is 19.7. The second kappa shape index (κ2) is 4.74. The van der Waals surface area contributed by atoms with E-state index in [0.717, 1.165) is 12.3 Å². The number of fused-ring (bicyclic) bond motifs is 1. The van der Waals surface area contributed by atoms with Gasteiger partial charge in [0.15, 0.2) is 0 Å². The molecule has 0 atom stereocenters. The van der Waals surface area contributed by atoms with Crippen LogP contribution in [0.2, 0.25) is 0 Å². The van der Waals surface area contributed by atoms with Gasteiger partial charge in [-0.2, -0.15) is 0 Å². The molecule has 2 aromatic rings. The van der Waals surface area contributed by atoms with Crippen molar-refractivity contribution in [3.8, 4) is 5.75 Å². The maximum absolute atomic E-state index is 5.57. The quantitative estimate of drug-likeness (QED) is 0.899. The molecule has 0 aromatic heterocycles. The van der Waals surface area contributed by atoms with Crippen molar-refractivity contribution in [2.24, 2.45) is 10.8 Å². The van der Waals surface area contributed by atoms with Crippen molar-refractivity contribution in [1.82, 2.24) is 5.32 Å². The first-order valence-electron chi connectivity index (χ1n) is 7.67. The third kappa shape index (κ3) is 2.13. The molecule has 2 heteroatoms. The highest BCUT2D eigenvalue weighted by Gasteiger charge is 2.64. The summed E-state index contributed by atoms with van der Waals surface area (Å²) < 4.78 is 5.57. The fourth-order valence-corrected chi connectivity index (χ4v) is 3.60. The average molecular weight is 283 g/mol. The predicted octanol–water partition coefficient (Wildman–Crippen LogP) is 4.37. The van der Waals surface area contributed by atoms with Crippen LogP contribution in [0.1, 0.15) is 33.3 Å². The molecular weight excluding hydrogens is 258 g/mol. The second-order valence-electron chi connectivity index (χ2n) is 7.22. The van der Waals surface area contributed by atoms with E-state index in [1.807, 2.05) is 0 Å². The van der Waals surface area contributed by atoms with Crippen LogP contribution in [-0.2, 0) is 6.54 Å². The predicted molar refractivity (Wildman–Crippen MR) is 88.7 cm³/mol. The Hall–Kier alpha value is -1.54. The molecule has 0 saturated heterocycles. The third-order valence-corrected chi connectivity index (χ3v) is 5.72. The molecular formula is C19H25NO. The summed E-state index contributed by atoms with van der Waals surface area (Å²) in [5.41, 5.74) is 1.96. The molecule has 0 amide bonds. The van der Waals surface area contributed by atoms with E-state index in [4.69, 9.17) is 4.74 Å². The number of benzene rings is 2. The van der Waals surface area contributed by atoms with Gasteiger partial charge in [-0.25, -0.2) is 0 Å². The zero-order valence-electron chi connectivity index (χ0n) is 13.7. The summed E-state index contributed by atoms with van der Waals surface area (Å²) >= 11 is 0. The molecule has 3 rings (SSSR count). The maximum atomic E-state index is 5.57. The second-order valence-corrected chi connectivity index (χ2v) is 7.22. The maximum Gasteiger partial charge on any atom is 0.123 e. The molecule has 0 radical (unpaired) electrons. The Morgan fingerprint density at radius 3 is 2.29 bits per heavy atom. The highest BCUT2D eigenvalue weighted by Crippen LogP contribution is 2.62. The number of hydrogen-bond acceptors (Lipinski definition) is 2. The number of ether oxygens (including phenoxy) is 1. The van der Waals surface area contributed by atoms with Crippen LogP contribution in [-0.4, -0.2) is 13.2 Å². The zero-order chi connectivity index (χ0) is 15.3. The van der Waals surface area contributed by atoms with Gasteiger partial charge in [-0.15, -0.1) is 0 Å². The molecule has 0 unspecified atom stereocenters. The molecule has 0 bridgehead atoms. The lowest BCUT2D eigenvalue weighted by Gasteiger charge is -2.14.